The summed E-state index contributed by atoms with van der Waals surface area (Å²) in [7, 11) is -4.19. The molecular formula is C32H40N6O4S. The highest BCUT2D eigenvalue weighted by molar-refractivity contribution is 7.90. The molecule has 2 N–H and O–H groups in total. The molecule has 3 aromatic rings. The lowest BCUT2D eigenvalue weighted by Crippen LogP contribution is -2.40. The third-order valence-electron chi connectivity index (χ3n) is 10.1. The minimum Gasteiger partial charge on any atom is -0.477 e. The highest BCUT2D eigenvalue weighted by Crippen LogP contribution is 2.65. The van der Waals surface area contributed by atoms with Crippen LogP contribution in [0.25, 0.3) is 5.69 Å². The van der Waals surface area contributed by atoms with Gasteiger partial charge in [0, 0.05) is 30.9 Å². The predicted molar refractivity (Wildman–Crippen MR) is 164 cm³/mol. The second-order valence-electron chi connectivity index (χ2n) is 13.4. The minimum atomic E-state index is -4.19. The van der Waals surface area contributed by atoms with E-state index in [9.17, 15) is 13.2 Å². The number of benzene rings is 1. The molecule has 2 saturated carbocycles. The zero-order valence-corrected chi connectivity index (χ0v) is 25.7. The molecule has 1 amide bonds. The Morgan fingerprint density at radius 1 is 1.09 bits per heavy atom. The Morgan fingerprint density at radius 2 is 1.95 bits per heavy atom. The first-order valence-electron chi connectivity index (χ1n) is 15.5. The summed E-state index contributed by atoms with van der Waals surface area (Å²) >= 11 is 0. The van der Waals surface area contributed by atoms with Crippen LogP contribution in [-0.2, 0) is 10.0 Å². The Morgan fingerprint density at radius 3 is 2.74 bits per heavy atom. The minimum absolute atomic E-state index is 0.199. The molecule has 43 heavy (non-hydrogen) atoms. The molecule has 1 spiro atoms. The average Bonchev–Trinajstić information content (AvgIpc) is 3.59. The van der Waals surface area contributed by atoms with Gasteiger partial charge in [0.25, 0.3) is 15.9 Å². The van der Waals surface area contributed by atoms with Crippen molar-refractivity contribution in [2.45, 2.75) is 75.8 Å². The second-order valence-corrected chi connectivity index (χ2v) is 15.0. The molecule has 4 aliphatic rings. The van der Waals surface area contributed by atoms with E-state index in [0.29, 0.717) is 47.4 Å². The number of rotatable bonds is 5. The van der Waals surface area contributed by atoms with Crippen molar-refractivity contribution in [1.29, 1.82) is 0 Å². The van der Waals surface area contributed by atoms with Crippen LogP contribution in [0.4, 0.5) is 11.5 Å². The van der Waals surface area contributed by atoms with Gasteiger partial charge in [-0.3, -0.25) is 4.79 Å². The Balaban J connectivity index is 1.18. The molecule has 4 heterocycles. The number of anilines is 2. The maximum Gasteiger partial charge on any atom is 0.281 e. The number of carbonyl (C=O) groups excluding carboxylic acids is 1. The van der Waals surface area contributed by atoms with Crippen LogP contribution in [0.1, 0.15) is 75.6 Å². The van der Waals surface area contributed by atoms with Crippen molar-refractivity contribution in [1.82, 2.24) is 19.5 Å². The Hall–Kier alpha value is -3.60. The largest absolute Gasteiger partial charge is 0.477 e. The maximum absolute atomic E-state index is 13.6. The number of pyridine rings is 1. The van der Waals surface area contributed by atoms with E-state index in [0.717, 1.165) is 43.8 Å². The molecule has 2 aliphatic heterocycles. The van der Waals surface area contributed by atoms with Gasteiger partial charge in [0.05, 0.1) is 23.5 Å². The van der Waals surface area contributed by atoms with Crippen molar-refractivity contribution in [3.63, 3.8) is 0 Å². The number of hydrogen-bond donors (Lipinski definition) is 2. The van der Waals surface area contributed by atoms with Crippen molar-refractivity contribution in [3.05, 3.63) is 54.2 Å². The van der Waals surface area contributed by atoms with Crippen molar-refractivity contribution >= 4 is 27.4 Å². The smallest absolute Gasteiger partial charge is 0.281 e. The first-order valence-corrected chi connectivity index (χ1v) is 17.0. The molecule has 1 aromatic carbocycles. The molecule has 7 rings (SSSR count). The van der Waals surface area contributed by atoms with E-state index in [4.69, 9.17) is 4.74 Å². The van der Waals surface area contributed by atoms with Gasteiger partial charge in [-0.1, -0.05) is 6.07 Å². The van der Waals surface area contributed by atoms with Gasteiger partial charge in [0.15, 0.2) is 5.03 Å². The number of hydrogen-bond acceptors (Lipinski definition) is 8. The quantitative estimate of drug-likeness (QED) is 0.410. The van der Waals surface area contributed by atoms with E-state index < -0.39 is 15.9 Å². The molecule has 10 nitrogen and oxygen atoms in total. The van der Waals surface area contributed by atoms with E-state index in [-0.39, 0.29) is 10.6 Å². The number of carbonyl (C=O) groups is 1. The molecular weight excluding hydrogens is 564 g/mol. The monoisotopic (exact) mass is 604 g/mol. The summed E-state index contributed by atoms with van der Waals surface area (Å²) in [5.41, 5.74) is 2.17. The zero-order valence-electron chi connectivity index (χ0n) is 24.9. The summed E-state index contributed by atoms with van der Waals surface area (Å²) in [6.07, 6.45) is 11.3. The summed E-state index contributed by atoms with van der Waals surface area (Å²) in [4.78, 5) is 20.1. The molecule has 2 atom stereocenters. The molecule has 1 saturated heterocycles. The van der Waals surface area contributed by atoms with Crippen LogP contribution in [0, 0.1) is 17.3 Å². The van der Waals surface area contributed by atoms with Crippen LogP contribution in [-0.4, -0.2) is 54.3 Å². The van der Waals surface area contributed by atoms with Crippen LogP contribution in [0.5, 0.6) is 5.88 Å². The van der Waals surface area contributed by atoms with Crippen LogP contribution in [0.3, 0.4) is 0 Å². The molecule has 2 aliphatic carbocycles. The van der Waals surface area contributed by atoms with E-state index in [2.05, 4.69) is 38.9 Å². The number of fused-ring (bicyclic) bond motifs is 6. The van der Waals surface area contributed by atoms with Gasteiger partial charge < -0.3 is 15.0 Å². The summed E-state index contributed by atoms with van der Waals surface area (Å²) in [6, 6.07) is 12.0. The van der Waals surface area contributed by atoms with Gasteiger partial charge in [-0.25, -0.2) is 14.4 Å². The van der Waals surface area contributed by atoms with Crippen molar-refractivity contribution in [3.8, 4) is 11.6 Å². The Labute approximate surface area is 253 Å². The maximum atomic E-state index is 13.6. The van der Waals surface area contributed by atoms with Crippen LogP contribution < -0.4 is 19.7 Å². The molecule has 228 valence electrons. The fraction of sp³-hybridized carbons (Fsp3) is 0.531. The number of amides is 1. The summed E-state index contributed by atoms with van der Waals surface area (Å²) in [6.45, 7) is 6.49. The van der Waals surface area contributed by atoms with Crippen LogP contribution in [0.15, 0.2) is 53.7 Å². The molecule has 3 fully saturated rings. The number of nitrogens with zero attached hydrogens (tertiary/aromatic N) is 4. The van der Waals surface area contributed by atoms with Crippen molar-refractivity contribution < 1.29 is 17.9 Å². The molecule has 0 radical (unpaired) electrons. The molecule has 4 bridgehead atoms. The van der Waals surface area contributed by atoms with E-state index in [1.165, 1.54) is 31.7 Å². The van der Waals surface area contributed by atoms with E-state index >= 15 is 0 Å². The highest BCUT2D eigenvalue weighted by atomic mass is 32.2. The lowest BCUT2D eigenvalue weighted by molar-refractivity contribution is 0.0981. The average molecular weight is 605 g/mol. The topological polar surface area (TPSA) is 118 Å². The van der Waals surface area contributed by atoms with Crippen LogP contribution in [0.2, 0.25) is 0 Å². The van der Waals surface area contributed by atoms with E-state index in [1.807, 2.05) is 18.3 Å². The van der Waals surface area contributed by atoms with Gasteiger partial charge in [0.1, 0.15) is 5.82 Å². The number of aromatic nitrogens is 3. The normalized spacial score (nSPS) is 25.0. The standard InChI is InChI=1S/C32H40N6O4S/c1-31(2)20-22-5-4-16-33-27-6-3-7-29(34-27)43(40,41)36-30(39)25-9-8-24(19-26(25)37(31)21-22)38-17-11-28(35-38)42-18-12-23-10-13-32(23)14-15-32/h3,6-9,11,17,19,22-23H,4-5,10,12-16,18,20-21H2,1-2H3,(H,33,34)(H,36,39)/t22-,23?/m0/s1. The predicted octanol–water partition coefficient (Wildman–Crippen LogP) is 5.16. The number of ether oxygens (including phenoxy) is 1. The summed E-state index contributed by atoms with van der Waals surface area (Å²) in [5.74, 6) is 1.58. The fourth-order valence-electron chi connectivity index (χ4n) is 7.44. The molecule has 1 unspecified atom stereocenters. The zero-order chi connectivity index (χ0) is 29.8. The van der Waals surface area contributed by atoms with E-state index in [1.54, 1.807) is 28.9 Å². The first-order chi connectivity index (χ1) is 20.6. The summed E-state index contributed by atoms with van der Waals surface area (Å²) in [5, 5.41) is 7.71. The van der Waals surface area contributed by atoms with Gasteiger partial charge in [-0.2, -0.15) is 8.42 Å². The third-order valence-corrected chi connectivity index (χ3v) is 11.3. The highest BCUT2D eigenvalue weighted by Gasteiger charge is 2.54. The molecule has 11 heteroatoms. The van der Waals surface area contributed by atoms with Gasteiger partial charge in [0.2, 0.25) is 5.88 Å². The third kappa shape index (κ3) is 5.47. The van der Waals surface area contributed by atoms with Crippen LogP contribution >= 0.6 is 0 Å². The summed E-state index contributed by atoms with van der Waals surface area (Å²) < 4.78 is 36.5. The molecule has 2 aromatic heterocycles. The Kier molecular flexibility index (Phi) is 6.91. The van der Waals surface area contributed by atoms with Gasteiger partial charge in [-0.15, -0.1) is 5.10 Å². The fourth-order valence-corrected chi connectivity index (χ4v) is 8.38. The lowest BCUT2D eigenvalue weighted by atomic mass is 9.69. The second kappa shape index (κ2) is 10.5. The van der Waals surface area contributed by atoms with Crippen molar-refractivity contribution in [2.24, 2.45) is 17.3 Å². The SMILES string of the molecule is CC1(C)C[C@@H]2CCCNc3cccc(n3)S(=O)(=O)NC(=O)c3ccc(-n4ccc(OCCC5CCC56CC6)n4)cc3N1C2. The van der Waals surface area contributed by atoms with Crippen molar-refractivity contribution in [2.75, 3.05) is 29.9 Å². The first kappa shape index (κ1) is 28.2. The lowest BCUT2D eigenvalue weighted by Gasteiger charge is -2.37. The number of nitrogens with one attached hydrogen (secondary N) is 2. The Bertz CT molecular complexity index is 1650. The van der Waals surface area contributed by atoms with Gasteiger partial charge >= 0.3 is 0 Å². The number of sulfonamides is 1. The van der Waals surface area contributed by atoms with Gasteiger partial charge in [-0.05, 0) is 113 Å².